The number of amidine groups is 1. The number of benzene rings is 1. The molecule has 0 atom stereocenters. The summed E-state index contributed by atoms with van der Waals surface area (Å²) in [5, 5.41) is 10.3. The Morgan fingerprint density at radius 1 is 1.32 bits per heavy atom. The van der Waals surface area contributed by atoms with Gasteiger partial charge in [0.05, 0.1) is 5.69 Å². The highest BCUT2D eigenvalue weighted by Gasteiger charge is 1.98. The predicted molar refractivity (Wildman–Crippen MR) is 91.8 cm³/mol. The molecule has 1 aromatic carbocycles. The molecule has 0 amide bonds. The Morgan fingerprint density at radius 3 is 2.82 bits per heavy atom. The first-order valence-electron chi connectivity index (χ1n) is 6.68. The molecule has 112 valence electrons. The fourth-order valence-electron chi connectivity index (χ4n) is 1.71. The van der Waals surface area contributed by atoms with Crippen LogP contribution >= 0.6 is 0 Å². The van der Waals surface area contributed by atoms with Gasteiger partial charge in [0.1, 0.15) is 11.7 Å². The highest BCUT2D eigenvalue weighted by Crippen LogP contribution is 2.18. The van der Waals surface area contributed by atoms with E-state index in [0.29, 0.717) is 22.8 Å². The SMILES string of the molecule is Cc1ccc(N/C=C\C(N)=Nc2ccc(N)c(C=N)c2)nc1. The fourth-order valence-corrected chi connectivity index (χ4v) is 1.71. The van der Waals surface area contributed by atoms with Crippen molar-refractivity contribution in [3.05, 3.63) is 59.9 Å². The standard InChI is InChI=1S/C16H18N6/c1-11-2-5-16(21-10-11)20-7-6-15(19)22-13-3-4-14(18)12(8-13)9-17/h2-10,17H,18H2,1H3,(H2,19,22)(H,20,21)/b7-6-,17-9?. The van der Waals surface area contributed by atoms with Gasteiger partial charge in [0.15, 0.2) is 0 Å². The quantitative estimate of drug-likeness (QED) is 0.385. The van der Waals surface area contributed by atoms with E-state index < -0.39 is 0 Å². The lowest BCUT2D eigenvalue weighted by atomic mass is 10.2. The van der Waals surface area contributed by atoms with Gasteiger partial charge in [-0.1, -0.05) is 6.07 Å². The van der Waals surface area contributed by atoms with Crippen LogP contribution in [0.3, 0.4) is 0 Å². The average Bonchev–Trinajstić information content (AvgIpc) is 2.51. The van der Waals surface area contributed by atoms with E-state index in [9.17, 15) is 0 Å². The van der Waals surface area contributed by atoms with Gasteiger partial charge in [-0.25, -0.2) is 9.98 Å². The predicted octanol–water partition coefficient (Wildman–Crippen LogP) is 2.58. The van der Waals surface area contributed by atoms with Crippen LogP contribution in [-0.2, 0) is 0 Å². The van der Waals surface area contributed by atoms with E-state index in [1.165, 1.54) is 6.21 Å². The van der Waals surface area contributed by atoms with Crippen molar-refractivity contribution in [3.63, 3.8) is 0 Å². The maximum Gasteiger partial charge on any atom is 0.129 e. The summed E-state index contributed by atoms with van der Waals surface area (Å²) in [5.41, 5.74) is 14.5. The monoisotopic (exact) mass is 294 g/mol. The third-order valence-electron chi connectivity index (χ3n) is 2.88. The fraction of sp³-hybridized carbons (Fsp3) is 0.0625. The summed E-state index contributed by atoms with van der Waals surface area (Å²) in [5.74, 6) is 1.06. The van der Waals surface area contributed by atoms with Gasteiger partial charge in [-0.3, -0.25) is 0 Å². The number of nitrogens with zero attached hydrogens (tertiary/aromatic N) is 2. The van der Waals surface area contributed by atoms with E-state index in [-0.39, 0.29) is 0 Å². The van der Waals surface area contributed by atoms with Crippen LogP contribution < -0.4 is 16.8 Å². The number of hydrogen-bond donors (Lipinski definition) is 4. The minimum atomic E-state index is 0.334. The third-order valence-corrected chi connectivity index (χ3v) is 2.88. The molecule has 1 aromatic heterocycles. The van der Waals surface area contributed by atoms with E-state index in [1.54, 1.807) is 36.7 Å². The number of nitrogens with two attached hydrogens (primary N) is 2. The smallest absolute Gasteiger partial charge is 0.129 e. The molecule has 1 heterocycles. The summed E-state index contributed by atoms with van der Waals surface area (Å²) < 4.78 is 0. The number of aromatic nitrogens is 1. The molecule has 6 N–H and O–H groups in total. The van der Waals surface area contributed by atoms with Crippen LogP contribution in [0.4, 0.5) is 17.2 Å². The normalized spacial score (nSPS) is 11.6. The third kappa shape index (κ3) is 4.17. The van der Waals surface area contributed by atoms with Gasteiger partial charge in [0.2, 0.25) is 0 Å². The van der Waals surface area contributed by atoms with Crippen LogP contribution in [0.2, 0.25) is 0 Å². The second kappa shape index (κ2) is 7.03. The summed E-state index contributed by atoms with van der Waals surface area (Å²) >= 11 is 0. The molecule has 0 saturated carbocycles. The highest BCUT2D eigenvalue weighted by atomic mass is 15.0. The van der Waals surface area contributed by atoms with Crippen LogP contribution in [0, 0.1) is 12.3 Å². The van der Waals surface area contributed by atoms with E-state index in [1.807, 2.05) is 19.1 Å². The van der Waals surface area contributed by atoms with Crippen molar-refractivity contribution < 1.29 is 0 Å². The number of pyridine rings is 1. The molecule has 0 radical (unpaired) electrons. The summed E-state index contributed by atoms with van der Waals surface area (Å²) in [7, 11) is 0. The first-order chi connectivity index (χ1) is 10.6. The second-order valence-corrected chi connectivity index (χ2v) is 4.69. The minimum Gasteiger partial charge on any atom is -0.398 e. The van der Waals surface area contributed by atoms with Crippen molar-refractivity contribution in [1.29, 1.82) is 5.41 Å². The molecule has 0 unspecified atom stereocenters. The maximum absolute atomic E-state index is 7.27. The first-order valence-corrected chi connectivity index (χ1v) is 6.68. The Kier molecular flexibility index (Phi) is 4.87. The Balaban J connectivity index is 2.04. The molecule has 6 nitrogen and oxygen atoms in total. The zero-order chi connectivity index (χ0) is 15.9. The molecule has 2 aromatic rings. The van der Waals surface area contributed by atoms with E-state index in [0.717, 1.165) is 11.4 Å². The molecule has 0 aliphatic heterocycles. The van der Waals surface area contributed by atoms with Crippen molar-refractivity contribution in [2.45, 2.75) is 6.92 Å². The first kappa shape index (κ1) is 15.2. The van der Waals surface area contributed by atoms with Gasteiger partial charge in [0, 0.05) is 29.9 Å². The molecule has 0 fully saturated rings. The Morgan fingerprint density at radius 2 is 2.14 bits per heavy atom. The molecule has 0 bridgehead atoms. The van der Waals surface area contributed by atoms with Crippen LogP contribution in [0.25, 0.3) is 0 Å². The number of nitrogens with one attached hydrogen (secondary N) is 2. The second-order valence-electron chi connectivity index (χ2n) is 4.69. The van der Waals surface area contributed by atoms with Crippen LogP contribution in [-0.4, -0.2) is 17.0 Å². The van der Waals surface area contributed by atoms with Gasteiger partial charge in [0.25, 0.3) is 0 Å². The zero-order valence-electron chi connectivity index (χ0n) is 12.2. The number of aliphatic imine (C=N–C) groups is 1. The van der Waals surface area contributed by atoms with Crippen molar-refractivity contribution in [2.75, 3.05) is 11.1 Å². The van der Waals surface area contributed by atoms with Crippen LogP contribution in [0.15, 0.2) is 53.8 Å². The molecular weight excluding hydrogens is 276 g/mol. The Bertz CT molecular complexity index is 716. The number of nitrogen functional groups attached to an aromatic ring is 1. The van der Waals surface area contributed by atoms with Gasteiger partial charge in [-0.05, 0) is 42.8 Å². The average molecular weight is 294 g/mol. The number of rotatable bonds is 5. The Labute approximate surface area is 129 Å². The van der Waals surface area contributed by atoms with Crippen molar-refractivity contribution in [1.82, 2.24) is 4.98 Å². The highest BCUT2D eigenvalue weighted by molar-refractivity contribution is 5.94. The minimum absolute atomic E-state index is 0.334. The summed E-state index contributed by atoms with van der Waals surface area (Å²) in [4.78, 5) is 8.45. The van der Waals surface area contributed by atoms with Gasteiger partial charge < -0.3 is 22.2 Å². The summed E-state index contributed by atoms with van der Waals surface area (Å²) in [6.45, 7) is 1.98. The maximum atomic E-state index is 7.27. The number of aryl methyl sites for hydroxylation is 1. The largest absolute Gasteiger partial charge is 0.398 e. The topological polar surface area (TPSA) is 113 Å². The van der Waals surface area contributed by atoms with Crippen LogP contribution in [0.5, 0.6) is 0 Å². The Hall–Kier alpha value is -3.15. The van der Waals surface area contributed by atoms with Crippen molar-refractivity contribution >= 4 is 29.2 Å². The molecule has 0 saturated heterocycles. The number of anilines is 2. The molecule has 2 rings (SSSR count). The lowest BCUT2D eigenvalue weighted by Gasteiger charge is -2.02. The molecule has 6 heteroatoms. The summed E-state index contributed by atoms with van der Waals surface area (Å²) in [6, 6.07) is 9.00. The van der Waals surface area contributed by atoms with Gasteiger partial charge >= 0.3 is 0 Å². The zero-order valence-corrected chi connectivity index (χ0v) is 12.2. The van der Waals surface area contributed by atoms with E-state index >= 15 is 0 Å². The van der Waals surface area contributed by atoms with Crippen LogP contribution in [0.1, 0.15) is 11.1 Å². The molecular formula is C16H18N6. The van der Waals surface area contributed by atoms with Gasteiger partial charge in [-0.15, -0.1) is 0 Å². The van der Waals surface area contributed by atoms with Gasteiger partial charge in [-0.2, -0.15) is 0 Å². The number of hydrogen-bond acceptors (Lipinski definition) is 5. The summed E-state index contributed by atoms with van der Waals surface area (Å²) in [6.07, 6.45) is 6.28. The molecule has 0 aliphatic carbocycles. The van der Waals surface area contributed by atoms with E-state index in [2.05, 4.69) is 15.3 Å². The molecule has 0 aliphatic rings. The molecule has 22 heavy (non-hydrogen) atoms. The molecule has 0 spiro atoms. The van der Waals surface area contributed by atoms with Crippen molar-refractivity contribution in [2.24, 2.45) is 10.7 Å². The van der Waals surface area contributed by atoms with Crippen molar-refractivity contribution in [3.8, 4) is 0 Å². The lowest BCUT2D eigenvalue weighted by molar-refractivity contribution is 1.26. The lowest BCUT2D eigenvalue weighted by Crippen LogP contribution is -2.08. The van der Waals surface area contributed by atoms with E-state index in [4.69, 9.17) is 16.9 Å².